The molecule has 1 aliphatic carbocycles. The molecule has 0 aromatic carbocycles. The highest BCUT2D eigenvalue weighted by Crippen LogP contribution is 2.43. The molecule has 3 nitrogen and oxygen atoms in total. The SMILES string of the molecule is CN(CC(C)(C)O)C(=O)C1CCCC1(C)C. The molecule has 1 saturated carbocycles. The predicted octanol–water partition coefficient (Wildman–Crippen LogP) is 2.04. The van der Waals surface area contributed by atoms with Crippen LogP contribution in [0.25, 0.3) is 0 Å². The van der Waals surface area contributed by atoms with Gasteiger partial charge in [-0.3, -0.25) is 4.79 Å². The van der Waals surface area contributed by atoms with Gasteiger partial charge in [-0.25, -0.2) is 0 Å². The van der Waals surface area contributed by atoms with Gasteiger partial charge in [-0.15, -0.1) is 0 Å². The molecule has 1 unspecified atom stereocenters. The second-order valence-electron chi connectivity index (χ2n) is 6.44. The van der Waals surface area contributed by atoms with Crippen LogP contribution >= 0.6 is 0 Å². The minimum absolute atomic E-state index is 0.116. The van der Waals surface area contributed by atoms with Gasteiger partial charge in [0, 0.05) is 19.5 Å². The van der Waals surface area contributed by atoms with Crippen LogP contribution in [0, 0.1) is 11.3 Å². The van der Waals surface area contributed by atoms with Crippen LogP contribution < -0.4 is 0 Å². The Hall–Kier alpha value is -0.570. The van der Waals surface area contributed by atoms with Gasteiger partial charge in [-0.2, -0.15) is 0 Å². The molecular weight excluding hydrogens is 202 g/mol. The molecular formula is C13H25NO2. The third-order valence-corrected chi connectivity index (χ3v) is 3.56. The van der Waals surface area contributed by atoms with Crippen LogP contribution in [-0.2, 0) is 4.79 Å². The van der Waals surface area contributed by atoms with Gasteiger partial charge in [0.05, 0.1) is 5.60 Å². The Morgan fingerprint density at radius 1 is 1.50 bits per heavy atom. The summed E-state index contributed by atoms with van der Waals surface area (Å²) in [7, 11) is 1.79. The van der Waals surface area contributed by atoms with Crippen molar-refractivity contribution in [2.75, 3.05) is 13.6 Å². The van der Waals surface area contributed by atoms with E-state index >= 15 is 0 Å². The molecule has 16 heavy (non-hydrogen) atoms. The number of hydrogen-bond donors (Lipinski definition) is 1. The third kappa shape index (κ3) is 3.21. The number of rotatable bonds is 3. The number of hydrogen-bond acceptors (Lipinski definition) is 2. The Labute approximate surface area is 98.8 Å². The van der Waals surface area contributed by atoms with Crippen LogP contribution in [0.4, 0.5) is 0 Å². The molecule has 0 heterocycles. The minimum Gasteiger partial charge on any atom is -0.389 e. The fraction of sp³-hybridized carbons (Fsp3) is 0.923. The van der Waals surface area contributed by atoms with Crippen molar-refractivity contribution in [3.05, 3.63) is 0 Å². The molecule has 3 heteroatoms. The number of nitrogens with zero attached hydrogens (tertiary/aromatic N) is 1. The molecule has 1 fully saturated rings. The summed E-state index contributed by atoms with van der Waals surface area (Å²) < 4.78 is 0. The molecule has 1 N–H and O–H groups in total. The normalized spacial score (nSPS) is 24.5. The van der Waals surface area contributed by atoms with Gasteiger partial charge < -0.3 is 10.0 Å². The number of likely N-dealkylation sites (N-methyl/N-ethyl adjacent to an activating group) is 1. The largest absolute Gasteiger partial charge is 0.389 e. The molecule has 0 aromatic heterocycles. The maximum absolute atomic E-state index is 12.3. The van der Waals surface area contributed by atoms with Crippen LogP contribution in [0.1, 0.15) is 47.0 Å². The van der Waals surface area contributed by atoms with Crippen molar-refractivity contribution in [1.82, 2.24) is 4.90 Å². The van der Waals surface area contributed by atoms with E-state index in [0.717, 1.165) is 19.3 Å². The predicted molar refractivity (Wildman–Crippen MR) is 65.1 cm³/mol. The molecule has 0 aliphatic heterocycles. The van der Waals surface area contributed by atoms with Gasteiger partial charge in [0.2, 0.25) is 5.91 Å². The van der Waals surface area contributed by atoms with Gasteiger partial charge in [0.15, 0.2) is 0 Å². The highest BCUT2D eigenvalue weighted by molar-refractivity contribution is 5.79. The molecule has 0 spiro atoms. The van der Waals surface area contributed by atoms with Crippen molar-refractivity contribution in [2.24, 2.45) is 11.3 Å². The fourth-order valence-electron chi connectivity index (χ4n) is 2.71. The molecule has 0 saturated heterocycles. The first kappa shape index (κ1) is 13.5. The quantitative estimate of drug-likeness (QED) is 0.801. The average molecular weight is 227 g/mol. The maximum atomic E-state index is 12.3. The summed E-state index contributed by atoms with van der Waals surface area (Å²) in [6.45, 7) is 8.20. The van der Waals surface area contributed by atoms with Crippen molar-refractivity contribution in [3.63, 3.8) is 0 Å². The first-order valence-electron chi connectivity index (χ1n) is 6.11. The highest BCUT2D eigenvalue weighted by atomic mass is 16.3. The Balaban J connectivity index is 2.64. The lowest BCUT2D eigenvalue weighted by molar-refractivity contribution is -0.139. The van der Waals surface area contributed by atoms with E-state index in [0.29, 0.717) is 6.54 Å². The molecule has 0 radical (unpaired) electrons. The Morgan fingerprint density at radius 3 is 2.44 bits per heavy atom. The summed E-state index contributed by atoms with van der Waals surface area (Å²) >= 11 is 0. The lowest BCUT2D eigenvalue weighted by atomic mass is 9.81. The number of amides is 1. The van der Waals surface area contributed by atoms with Crippen molar-refractivity contribution < 1.29 is 9.90 Å². The van der Waals surface area contributed by atoms with E-state index in [1.165, 1.54) is 0 Å². The molecule has 0 bridgehead atoms. The summed E-state index contributed by atoms with van der Waals surface area (Å²) in [5.74, 6) is 0.310. The third-order valence-electron chi connectivity index (χ3n) is 3.56. The zero-order valence-electron chi connectivity index (χ0n) is 11.2. The van der Waals surface area contributed by atoms with E-state index < -0.39 is 5.60 Å². The smallest absolute Gasteiger partial charge is 0.226 e. The number of carbonyl (C=O) groups excluding carboxylic acids is 1. The van der Waals surface area contributed by atoms with E-state index in [1.807, 2.05) is 0 Å². The Morgan fingerprint density at radius 2 is 2.06 bits per heavy atom. The summed E-state index contributed by atoms with van der Waals surface area (Å²) in [6.07, 6.45) is 3.25. The second kappa shape index (κ2) is 4.36. The van der Waals surface area contributed by atoms with Crippen molar-refractivity contribution in [3.8, 4) is 0 Å². The van der Waals surface area contributed by atoms with E-state index in [9.17, 15) is 9.90 Å². The topological polar surface area (TPSA) is 40.5 Å². The summed E-state index contributed by atoms with van der Waals surface area (Å²) in [5.41, 5.74) is -0.696. The first-order valence-corrected chi connectivity index (χ1v) is 6.11. The van der Waals surface area contributed by atoms with Crippen molar-refractivity contribution >= 4 is 5.91 Å². The van der Waals surface area contributed by atoms with Gasteiger partial charge in [0.25, 0.3) is 0 Å². The first-order chi connectivity index (χ1) is 7.13. The van der Waals surface area contributed by atoms with Crippen LogP contribution in [-0.4, -0.2) is 35.1 Å². The molecule has 1 rings (SSSR count). The van der Waals surface area contributed by atoms with E-state index in [1.54, 1.807) is 25.8 Å². The van der Waals surface area contributed by atoms with Crippen molar-refractivity contribution in [1.29, 1.82) is 0 Å². The Kier molecular flexibility index (Phi) is 3.68. The highest BCUT2D eigenvalue weighted by Gasteiger charge is 2.40. The monoisotopic (exact) mass is 227 g/mol. The summed E-state index contributed by atoms with van der Waals surface area (Å²) in [6, 6.07) is 0. The fourth-order valence-corrected chi connectivity index (χ4v) is 2.71. The van der Waals surface area contributed by atoms with E-state index in [-0.39, 0.29) is 17.2 Å². The molecule has 1 aliphatic rings. The molecule has 94 valence electrons. The van der Waals surface area contributed by atoms with Crippen LogP contribution in [0.3, 0.4) is 0 Å². The van der Waals surface area contributed by atoms with Crippen LogP contribution in [0.5, 0.6) is 0 Å². The zero-order valence-corrected chi connectivity index (χ0v) is 11.2. The summed E-state index contributed by atoms with van der Waals surface area (Å²) in [5, 5.41) is 9.72. The molecule has 1 atom stereocenters. The van der Waals surface area contributed by atoms with Gasteiger partial charge in [-0.05, 0) is 32.1 Å². The minimum atomic E-state index is -0.812. The van der Waals surface area contributed by atoms with Crippen LogP contribution in [0.2, 0.25) is 0 Å². The van der Waals surface area contributed by atoms with Gasteiger partial charge in [-0.1, -0.05) is 20.3 Å². The van der Waals surface area contributed by atoms with Crippen LogP contribution in [0.15, 0.2) is 0 Å². The Bertz CT molecular complexity index is 266. The maximum Gasteiger partial charge on any atom is 0.226 e. The second-order valence-corrected chi connectivity index (χ2v) is 6.44. The molecule has 0 aromatic rings. The van der Waals surface area contributed by atoms with Gasteiger partial charge in [0.1, 0.15) is 0 Å². The molecule has 1 amide bonds. The van der Waals surface area contributed by atoms with E-state index in [4.69, 9.17) is 0 Å². The number of aliphatic hydroxyl groups is 1. The number of carbonyl (C=O) groups is 1. The summed E-state index contributed by atoms with van der Waals surface area (Å²) in [4.78, 5) is 13.9. The van der Waals surface area contributed by atoms with Crippen molar-refractivity contribution in [2.45, 2.75) is 52.6 Å². The lowest BCUT2D eigenvalue weighted by Gasteiger charge is -2.32. The zero-order chi connectivity index (χ0) is 12.6. The van der Waals surface area contributed by atoms with Gasteiger partial charge >= 0.3 is 0 Å². The average Bonchev–Trinajstić information content (AvgIpc) is 2.40. The standard InChI is InChI=1S/C13H25NO2/c1-12(2)8-6-7-10(12)11(15)14(5)9-13(3,4)16/h10,16H,6-9H2,1-5H3. The van der Waals surface area contributed by atoms with E-state index in [2.05, 4.69) is 13.8 Å². The lowest BCUT2D eigenvalue weighted by Crippen LogP contribution is -2.44.